The predicted octanol–water partition coefficient (Wildman–Crippen LogP) is 4.95. The van der Waals surface area contributed by atoms with Gasteiger partial charge >= 0.3 is 96.7 Å². The molecule has 0 aliphatic heterocycles. The van der Waals surface area contributed by atoms with Gasteiger partial charge in [0, 0.05) is 0 Å². The van der Waals surface area contributed by atoms with Gasteiger partial charge in [-0.25, -0.2) is 0 Å². The summed E-state index contributed by atoms with van der Waals surface area (Å²) in [6.45, 7) is 8.96. The summed E-state index contributed by atoms with van der Waals surface area (Å²) in [5.74, 6) is 0. The molecular weight excluding hydrogens is 199 g/mol. The quantitative estimate of drug-likeness (QED) is 0.463. The second-order valence-corrected chi connectivity index (χ2v) is 14.6. The van der Waals surface area contributed by atoms with E-state index in [4.69, 9.17) is 0 Å². The standard InChI is InChI=1S/C14H31P/c1-5-6-10-13-15(2,3,4)14-11-8-7-9-12-14/h14H,5-13H2,1-4H3. The maximum atomic E-state index is 2.65. The Morgan fingerprint density at radius 2 is 1.53 bits per heavy atom. The minimum absolute atomic E-state index is 1.10. The molecule has 1 rings (SSSR count). The van der Waals surface area contributed by atoms with Crippen LogP contribution >= 0.6 is 6.60 Å². The van der Waals surface area contributed by atoms with Gasteiger partial charge in [0.2, 0.25) is 0 Å². The van der Waals surface area contributed by atoms with Gasteiger partial charge in [0.15, 0.2) is 0 Å². The van der Waals surface area contributed by atoms with Gasteiger partial charge in [0.05, 0.1) is 0 Å². The van der Waals surface area contributed by atoms with Crippen molar-refractivity contribution in [2.75, 3.05) is 26.2 Å². The zero-order chi connectivity index (χ0) is 11.4. The fourth-order valence-corrected chi connectivity index (χ4v) is 7.15. The molecule has 0 spiro atoms. The van der Waals surface area contributed by atoms with Crippen LogP contribution in [0.1, 0.15) is 58.3 Å². The van der Waals surface area contributed by atoms with E-state index in [9.17, 15) is 0 Å². The zero-order valence-corrected chi connectivity index (χ0v) is 12.3. The molecule has 15 heavy (non-hydrogen) atoms. The third-order valence-corrected chi connectivity index (χ3v) is 9.63. The summed E-state index contributed by atoms with van der Waals surface area (Å²) in [5, 5.41) is 0. The van der Waals surface area contributed by atoms with Crippen molar-refractivity contribution in [3.05, 3.63) is 0 Å². The van der Waals surface area contributed by atoms with Crippen LogP contribution in [0.25, 0.3) is 0 Å². The first-order valence-corrected chi connectivity index (χ1v) is 10.8. The van der Waals surface area contributed by atoms with E-state index in [-0.39, 0.29) is 0 Å². The third kappa shape index (κ3) is 4.06. The van der Waals surface area contributed by atoms with Gasteiger partial charge < -0.3 is 0 Å². The van der Waals surface area contributed by atoms with E-state index in [2.05, 4.69) is 26.9 Å². The molecular formula is C14H31P. The van der Waals surface area contributed by atoms with Crippen molar-refractivity contribution in [2.45, 2.75) is 63.9 Å². The van der Waals surface area contributed by atoms with Crippen LogP contribution in [-0.4, -0.2) is 31.8 Å². The molecule has 92 valence electrons. The zero-order valence-electron chi connectivity index (χ0n) is 11.4. The first-order valence-electron chi connectivity index (χ1n) is 6.94. The molecule has 0 radical (unpaired) electrons. The van der Waals surface area contributed by atoms with Gasteiger partial charge in [-0.15, -0.1) is 0 Å². The maximum absolute atomic E-state index is 2.65. The number of hydrogen-bond donors (Lipinski definition) is 0. The van der Waals surface area contributed by atoms with Crippen LogP contribution in [-0.2, 0) is 0 Å². The van der Waals surface area contributed by atoms with E-state index in [0.29, 0.717) is 0 Å². The molecule has 0 amide bonds. The van der Waals surface area contributed by atoms with E-state index in [1.165, 1.54) is 51.4 Å². The molecule has 1 aliphatic rings. The molecule has 1 fully saturated rings. The SMILES string of the molecule is CCCCCP(C)(C)(C)C1CCCCC1. The molecule has 0 N–H and O–H groups in total. The molecule has 0 aromatic carbocycles. The van der Waals surface area contributed by atoms with Crippen molar-refractivity contribution in [1.29, 1.82) is 0 Å². The van der Waals surface area contributed by atoms with Crippen molar-refractivity contribution < 1.29 is 0 Å². The molecule has 0 heterocycles. The van der Waals surface area contributed by atoms with Crippen molar-refractivity contribution in [1.82, 2.24) is 0 Å². The Kier molecular flexibility index (Phi) is 4.65. The van der Waals surface area contributed by atoms with Gasteiger partial charge in [-0.3, -0.25) is 0 Å². The van der Waals surface area contributed by atoms with Gasteiger partial charge in [-0.05, 0) is 0 Å². The normalized spacial score (nSPS) is 22.3. The number of hydrogen-bond acceptors (Lipinski definition) is 0. The average Bonchev–Trinajstić information content (AvgIpc) is 2.19. The molecule has 1 saturated carbocycles. The number of rotatable bonds is 5. The molecule has 1 aliphatic carbocycles. The van der Waals surface area contributed by atoms with E-state index >= 15 is 0 Å². The Morgan fingerprint density at radius 3 is 2.07 bits per heavy atom. The monoisotopic (exact) mass is 230 g/mol. The van der Waals surface area contributed by atoms with Crippen LogP contribution in [0.15, 0.2) is 0 Å². The summed E-state index contributed by atoms with van der Waals surface area (Å²) in [6.07, 6.45) is 13.4. The minimum atomic E-state index is -1.31. The van der Waals surface area contributed by atoms with Crippen LogP contribution in [0, 0.1) is 0 Å². The van der Waals surface area contributed by atoms with Crippen molar-refractivity contribution in [3.63, 3.8) is 0 Å². The van der Waals surface area contributed by atoms with E-state index in [0.717, 1.165) is 5.66 Å². The first kappa shape index (κ1) is 13.5. The molecule has 0 aromatic rings. The summed E-state index contributed by atoms with van der Waals surface area (Å²) in [4.78, 5) is 0. The van der Waals surface area contributed by atoms with Crippen molar-refractivity contribution in [3.8, 4) is 0 Å². The van der Waals surface area contributed by atoms with Gasteiger partial charge in [0.25, 0.3) is 0 Å². The predicted molar refractivity (Wildman–Crippen MR) is 76.0 cm³/mol. The van der Waals surface area contributed by atoms with Crippen molar-refractivity contribution in [2.24, 2.45) is 0 Å². The molecule has 0 bridgehead atoms. The van der Waals surface area contributed by atoms with Gasteiger partial charge in [0.1, 0.15) is 0 Å². The molecule has 0 saturated heterocycles. The van der Waals surface area contributed by atoms with Crippen molar-refractivity contribution >= 4 is 6.60 Å². The van der Waals surface area contributed by atoms with Gasteiger partial charge in [-0.2, -0.15) is 0 Å². The molecule has 0 unspecified atom stereocenters. The number of unbranched alkanes of at least 4 members (excludes halogenated alkanes) is 2. The van der Waals surface area contributed by atoms with E-state index in [1.807, 2.05) is 0 Å². The Labute approximate surface area is 97.1 Å². The van der Waals surface area contributed by atoms with E-state index in [1.54, 1.807) is 6.16 Å². The molecule has 1 heteroatoms. The average molecular weight is 230 g/mol. The van der Waals surface area contributed by atoms with Gasteiger partial charge in [-0.1, -0.05) is 0 Å². The van der Waals surface area contributed by atoms with Crippen LogP contribution in [0.3, 0.4) is 0 Å². The molecule has 0 nitrogen and oxygen atoms in total. The molecule has 0 aromatic heterocycles. The second-order valence-electron chi connectivity index (χ2n) is 6.97. The topological polar surface area (TPSA) is 0 Å². The fraction of sp³-hybridized carbons (Fsp3) is 1.00. The summed E-state index contributed by atoms with van der Waals surface area (Å²) in [7, 11) is 0. The second kappa shape index (κ2) is 5.17. The first-order chi connectivity index (χ1) is 6.94. The summed E-state index contributed by atoms with van der Waals surface area (Å²) in [6, 6.07) is 0. The summed E-state index contributed by atoms with van der Waals surface area (Å²) < 4.78 is 0. The molecule has 0 atom stereocenters. The third-order valence-electron chi connectivity index (χ3n) is 4.49. The Hall–Kier alpha value is 0.430. The van der Waals surface area contributed by atoms with Crippen LogP contribution in [0.4, 0.5) is 0 Å². The Balaban J connectivity index is 2.51. The Morgan fingerprint density at radius 1 is 0.933 bits per heavy atom. The van der Waals surface area contributed by atoms with Crippen LogP contribution < -0.4 is 0 Å². The summed E-state index contributed by atoms with van der Waals surface area (Å²) >= 11 is 0. The fourth-order valence-electron chi connectivity index (χ4n) is 3.15. The van der Waals surface area contributed by atoms with Crippen LogP contribution in [0.2, 0.25) is 0 Å². The van der Waals surface area contributed by atoms with Crippen LogP contribution in [0.5, 0.6) is 0 Å². The van der Waals surface area contributed by atoms with E-state index < -0.39 is 6.60 Å². The summed E-state index contributed by atoms with van der Waals surface area (Å²) in [5.41, 5.74) is 1.10. The Bertz CT molecular complexity index is 181.